The highest BCUT2D eigenvalue weighted by Crippen LogP contribution is 2.24. The Labute approximate surface area is 113 Å². The number of rotatable bonds is 3. The molecule has 0 spiro atoms. The van der Waals surface area contributed by atoms with Gasteiger partial charge in [0.15, 0.2) is 0 Å². The van der Waals surface area contributed by atoms with E-state index in [2.05, 4.69) is 79.0 Å². The summed E-state index contributed by atoms with van der Waals surface area (Å²) in [4.78, 5) is 0. The quantitative estimate of drug-likeness (QED) is 0.675. The average molecular weight is 247 g/mol. The second-order valence-corrected chi connectivity index (χ2v) is 4.70. The molecule has 0 amide bonds. The highest BCUT2D eigenvalue weighted by Gasteiger charge is 2.01. The SMILES string of the molecule is CCc1ccccc1Nc1ccc2ccccc2c1. The summed E-state index contributed by atoms with van der Waals surface area (Å²) in [6, 6.07) is 23.4. The van der Waals surface area contributed by atoms with Crippen LogP contribution in [-0.2, 0) is 6.42 Å². The molecule has 1 nitrogen and oxygen atoms in total. The van der Waals surface area contributed by atoms with Crippen LogP contribution in [0.15, 0.2) is 66.7 Å². The highest BCUT2D eigenvalue weighted by molar-refractivity contribution is 5.86. The van der Waals surface area contributed by atoms with E-state index in [0.29, 0.717) is 0 Å². The zero-order valence-corrected chi connectivity index (χ0v) is 11.1. The number of nitrogens with one attached hydrogen (secondary N) is 1. The van der Waals surface area contributed by atoms with Crippen molar-refractivity contribution in [3.05, 3.63) is 72.3 Å². The maximum atomic E-state index is 3.52. The summed E-state index contributed by atoms with van der Waals surface area (Å²) in [5.74, 6) is 0. The molecular weight excluding hydrogens is 230 g/mol. The van der Waals surface area contributed by atoms with Gasteiger partial charge in [-0.3, -0.25) is 0 Å². The number of anilines is 2. The third-order valence-electron chi connectivity index (χ3n) is 3.43. The van der Waals surface area contributed by atoms with Gasteiger partial charge in [-0.2, -0.15) is 0 Å². The first kappa shape index (κ1) is 11.8. The molecular formula is C18H17N. The molecule has 0 atom stereocenters. The Kier molecular flexibility index (Phi) is 3.20. The van der Waals surface area contributed by atoms with Crippen molar-refractivity contribution in [1.29, 1.82) is 0 Å². The zero-order chi connectivity index (χ0) is 13.1. The third kappa shape index (κ3) is 2.45. The molecule has 3 rings (SSSR count). The predicted octanol–water partition coefficient (Wildman–Crippen LogP) is 5.15. The van der Waals surface area contributed by atoms with E-state index in [9.17, 15) is 0 Å². The van der Waals surface area contributed by atoms with Gasteiger partial charge in [0, 0.05) is 11.4 Å². The monoisotopic (exact) mass is 247 g/mol. The van der Waals surface area contributed by atoms with Crippen molar-refractivity contribution in [3.63, 3.8) is 0 Å². The van der Waals surface area contributed by atoms with E-state index in [1.165, 1.54) is 22.0 Å². The molecule has 0 bridgehead atoms. The summed E-state index contributed by atoms with van der Waals surface area (Å²) in [6.45, 7) is 2.18. The maximum absolute atomic E-state index is 3.52. The second-order valence-electron chi connectivity index (χ2n) is 4.70. The van der Waals surface area contributed by atoms with Crippen LogP contribution in [0, 0.1) is 0 Å². The number of benzene rings is 3. The first-order chi connectivity index (χ1) is 9.36. The van der Waals surface area contributed by atoms with Crippen molar-refractivity contribution in [2.45, 2.75) is 13.3 Å². The minimum atomic E-state index is 1.04. The summed E-state index contributed by atoms with van der Waals surface area (Å²) in [5, 5.41) is 6.06. The largest absolute Gasteiger partial charge is 0.355 e. The molecule has 0 aliphatic rings. The smallest absolute Gasteiger partial charge is 0.0416 e. The summed E-state index contributed by atoms with van der Waals surface area (Å²) in [7, 11) is 0. The number of hydrogen-bond donors (Lipinski definition) is 1. The molecule has 19 heavy (non-hydrogen) atoms. The van der Waals surface area contributed by atoms with E-state index in [1.807, 2.05) is 0 Å². The molecule has 0 saturated heterocycles. The van der Waals surface area contributed by atoms with Crippen molar-refractivity contribution in [3.8, 4) is 0 Å². The molecule has 0 saturated carbocycles. The number of fused-ring (bicyclic) bond motifs is 1. The van der Waals surface area contributed by atoms with Crippen LogP contribution in [-0.4, -0.2) is 0 Å². The Morgan fingerprint density at radius 1 is 0.789 bits per heavy atom. The lowest BCUT2D eigenvalue weighted by atomic mass is 10.1. The summed E-state index contributed by atoms with van der Waals surface area (Å²) >= 11 is 0. The van der Waals surface area contributed by atoms with Gasteiger partial charge >= 0.3 is 0 Å². The number of aryl methyl sites for hydroxylation is 1. The first-order valence-corrected chi connectivity index (χ1v) is 6.70. The minimum absolute atomic E-state index is 1.04. The van der Waals surface area contributed by atoms with Crippen LogP contribution >= 0.6 is 0 Å². The fraction of sp³-hybridized carbons (Fsp3) is 0.111. The van der Waals surface area contributed by atoms with Crippen LogP contribution in [0.5, 0.6) is 0 Å². The van der Waals surface area contributed by atoms with E-state index in [1.54, 1.807) is 0 Å². The van der Waals surface area contributed by atoms with E-state index in [-0.39, 0.29) is 0 Å². The lowest BCUT2D eigenvalue weighted by molar-refractivity contribution is 1.14. The van der Waals surface area contributed by atoms with Gasteiger partial charge in [-0.25, -0.2) is 0 Å². The lowest BCUT2D eigenvalue weighted by Gasteiger charge is -2.11. The topological polar surface area (TPSA) is 12.0 Å². The molecule has 94 valence electrons. The molecule has 0 fully saturated rings. The van der Waals surface area contributed by atoms with Gasteiger partial charge in [0.1, 0.15) is 0 Å². The van der Waals surface area contributed by atoms with Crippen LogP contribution in [0.2, 0.25) is 0 Å². The second kappa shape index (κ2) is 5.15. The Morgan fingerprint density at radius 2 is 1.53 bits per heavy atom. The van der Waals surface area contributed by atoms with Gasteiger partial charge in [0.2, 0.25) is 0 Å². The van der Waals surface area contributed by atoms with Crippen LogP contribution in [0.3, 0.4) is 0 Å². The lowest BCUT2D eigenvalue weighted by Crippen LogP contribution is -1.94. The van der Waals surface area contributed by atoms with Gasteiger partial charge in [0.25, 0.3) is 0 Å². The van der Waals surface area contributed by atoms with Crippen molar-refractivity contribution < 1.29 is 0 Å². The minimum Gasteiger partial charge on any atom is -0.355 e. The summed E-state index contributed by atoms with van der Waals surface area (Å²) < 4.78 is 0. The highest BCUT2D eigenvalue weighted by atomic mass is 14.9. The average Bonchev–Trinajstić information content (AvgIpc) is 2.48. The standard InChI is InChI=1S/C18H17N/c1-2-14-7-5-6-10-18(14)19-17-12-11-15-8-3-4-9-16(15)13-17/h3-13,19H,2H2,1H3. The first-order valence-electron chi connectivity index (χ1n) is 6.70. The van der Waals surface area contributed by atoms with E-state index in [4.69, 9.17) is 0 Å². The van der Waals surface area contributed by atoms with Crippen LogP contribution in [0.25, 0.3) is 10.8 Å². The fourth-order valence-corrected chi connectivity index (χ4v) is 2.37. The van der Waals surface area contributed by atoms with Crippen LogP contribution in [0.4, 0.5) is 11.4 Å². The third-order valence-corrected chi connectivity index (χ3v) is 3.43. The fourth-order valence-electron chi connectivity index (χ4n) is 2.37. The normalized spacial score (nSPS) is 10.6. The molecule has 3 aromatic rings. The molecule has 0 radical (unpaired) electrons. The van der Waals surface area contributed by atoms with Gasteiger partial charge in [-0.05, 0) is 41.0 Å². The zero-order valence-electron chi connectivity index (χ0n) is 11.1. The van der Waals surface area contributed by atoms with Crippen LogP contribution < -0.4 is 5.32 Å². The van der Waals surface area contributed by atoms with E-state index in [0.717, 1.165) is 12.1 Å². The molecule has 0 aliphatic carbocycles. The Bertz CT molecular complexity index is 701. The van der Waals surface area contributed by atoms with Crippen molar-refractivity contribution >= 4 is 22.1 Å². The molecule has 0 aromatic heterocycles. The van der Waals surface area contributed by atoms with E-state index >= 15 is 0 Å². The summed E-state index contributed by atoms with van der Waals surface area (Å²) in [6.07, 6.45) is 1.04. The van der Waals surface area contributed by atoms with Gasteiger partial charge < -0.3 is 5.32 Å². The van der Waals surface area contributed by atoms with Crippen LogP contribution in [0.1, 0.15) is 12.5 Å². The molecule has 0 aliphatic heterocycles. The van der Waals surface area contributed by atoms with Gasteiger partial charge in [-0.1, -0.05) is 55.5 Å². The Morgan fingerprint density at radius 3 is 2.37 bits per heavy atom. The molecule has 1 N–H and O–H groups in total. The van der Waals surface area contributed by atoms with Gasteiger partial charge in [0.05, 0.1) is 0 Å². The van der Waals surface area contributed by atoms with Crippen molar-refractivity contribution in [2.24, 2.45) is 0 Å². The van der Waals surface area contributed by atoms with E-state index < -0.39 is 0 Å². The number of hydrogen-bond acceptors (Lipinski definition) is 1. The van der Waals surface area contributed by atoms with Crippen molar-refractivity contribution in [2.75, 3.05) is 5.32 Å². The molecule has 0 unspecified atom stereocenters. The molecule has 3 aromatic carbocycles. The Balaban J connectivity index is 1.96. The number of para-hydroxylation sites is 1. The molecule has 0 heterocycles. The maximum Gasteiger partial charge on any atom is 0.0416 e. The molecule has 1 heteroatoms. The van der Waals surface area contributed by atoms with Gasteiger partial charge in [-0.15, -0.1) is 0 Å². The Hall–Kier alpha value is -2.28. The summed E-state index contributed by atoms with van der Waals surface area (Å²) in [5.41, 5.74) is 3.68. The predicted molar refractivity (Wildman–Crippen MR) is 83.1 cm³/mol. The van der Waals surface area contributed by atoms with Crippen molar-refractivity contribution in [1.82, 2.24) is 0 Å².